The minimum Gasteiger partial charge on any atom is -0.490 e. The van der Waals surface area contributed by atoms with E-state index in [9.17, 15) is 4.79 Å². The van der Waals surface area contributed by atoms with Crippen molar-refractivity contribution >= 4 is 6.29 Å². The van der Waals surface area contributed by atoms with E-state index in [1.165, 1.54) is 0 Å². The lowest BCUT2D eigenvalue weighted by Crippen LogP contribution is -2.05. The van der Waals surface area contributed by atoms with Crippen LogP contribution in [-0.4, -0.2) is 25.6 Å². The summed E-state index contributed by atoms with van der Waals surface area (Å²) in [6, 6.07) is 7.17. The Hall–Kier alpha value is -1.35. The predicted molar refractivity (Wildman–Crippen MR) is 47.1 cm³/mol. The van der Waals surface area contributed by atoms with Crippen LogP contribution in [0.5, 0.6) is 5.75 Å². The van der Waals surface area contributed by atoms with Gasteiger partial charge in [-0.2, -0.15) is 0 Å². The molecule has 13 heavy (non-hydrogen) atoms. The number of benzene rings is 1. The van der Waals surface area contributed by atoms with Crippen molar-refractivity contribution in [3.05, 3.63) is 29.8 Å². The first-order valence-electron chi connectivity index (χ1n) is 4.19. The SMILES string of the molecule is O=Cc1ccccc1OCC1CO1. The lowest BCUT2D eigenvalue weighted by atomic mass is 10.2. The monoisotopic (exact) mass is 178 g/mol. The normalized spacial score (nSPS) is 19.5. The van der Waals surface area contributed by atoms with Gasteiger partial charge >= 0.3 is 0 Å². The van der Waals surface area contributed by atoms with Gasteiger partial charge in [0.1, 0.15) is 18.5 Å². The van der Waals surface area contributed by atoms with Gasteiger partial charge in [0, 0.05) is 0 Å². The lowest BCUT2D eigenvalue weighted by Gasteiger charge is -2.05. The summed E-state index contributed by atoms with van der Waals surface area (Å²) < 4.78 is 10.4. The number of carbonyl (C=O) groups excluding carboxylic acids is 1. The maximum atomic E-state index is 10.6. The van der Waals surface area contributed by atoms with E-state index in [0.29, 0.717) is 17.9 Å². The van der Waals surface area contributed by atoms with Crippen molar-refractivity contribution in [2.45, 2.75) is 6.10 Å². The van der Waals surface area contributed by atoms with Crippen molar-refractivity contribution in [2.24, 2.45) is 0 Å². The van der Waals surface area contributed by atoms with Gasteiger partial charge in [0.2, 0.25) is 0 Å². The molecule has 1 saturated heterocycles. The standard InChI is InChI=1S/C10H10O3/c11-5-8-3-1-2-4-10(8)13-7-9-6-12-9/h1-5,9H,6-7H2. The Balaban J connectivity index is 2.03. The summed E-state index contributed by atoms with van der Waals surface area (Å²) >= 11 is 0. The maximum absolute atomic E-state index is 10.6. The quantitative estimate of drug-likeness (QED) is 0.515. The molecule has 68 valence electrons. The van der Waals surface area contributed by atoms with Gasteiger partial charge in [-0.15, -0.1) is 0 Å². The van der Waals surface area contributed by atoms with Crippen LogP contribution < -0.4 is 4.74 Å². The predicted octanol–water partition coefficient (Wildman–Crippen LogP) is 1.28. The average molecular weight is 178 g/mol. The number of hydrogen-bond acceptors (Lipinski definition) is 3. The minimum atomic E-state index is 0.222. The van der Waals surface area contributed by atoms with Crippen LogP contribution in [0.25, 0.3) is 0 Å². The van der Waals surface area contributed by atoms with Gasteiger partial charge in [-0.25, -0.2) is 0 Å². The molecule has 3 nitrogen and oxygen atoms in total. The molecule has 0 radical (unpaired) electrons. The summed E-state index contributed by atoms with van der Waals surface area (Å²) in [5.74, 6) is 0.632. The molecule has 2 rings (SSSR count). The van der Waals surface area contributed by atoms with Crippen molar-refractivity contribution in [3.63, 3.8) is 0 Å². The van der Waals surface area contributed by atoms with E-state index in [4.69, 9.17) is 9.47 Å². The molecule has 3 heteroatoms. The molecule has 1 aliphatic rings. The lowest BCUT2D eigenvalue weighted by molar-refractivity contribution is 0.111. The van der Waals surface area contributed by atoms with Crippen LogP contribution in [0.1, 0.15) is 10.4 Å². The number of epoxide rings is 1. The van der Waals surface area contributed by atoms with Crippen molar-refractivity contribution in [1.82, 2.24) is 0 Å². The zero-order valence-corrected chi connectivity index (χ0v) is 7.10. The highest BCUT2D eigenvalue weighted by molar-refractivity contribution is 5.79. The molecule has 1 aliphatic heterocycles. The molecule has 1 heterocycles. The van der Waals surface area contributed by atoms with E-state index >= 15 is 0 Å². The Morgan fingerprint density at radius 1 is 1.54 bits per heavy atom. The molecule has 1 aromatic carbocycles. The van der Waals surface area contributed by atoms with Crippen molar-refractivity contribution in [2.75, 3.05) is 13.2 Å². The molecule has 0 spiro atoms. The van der Waals surface area contributed by atoms with Crippen LogP contribution in [0.2, 0.25) is 0 Å². The maximum Gasteiger partial charge on any atom is 0.153 e. The molecular weight excluding hydrogens is 168 g/mol. The van der Waals surface area contributed by atoms with E-state index in [1.54, 1.807) is 12.1 Å². The second kappa shape index (κ2) is 3.58. The van der Waals surface area contributed by atoms with Crippen LogP contribution >= 0.6 is 0 Å². The zero-order valence-electron chi connectivity index (χ0n) is 7.10. The Labute approximate surface area is 76.3 Å². The van der Waals surface area contributed by atoms with E-state index in [1.807, 2.05) is 12.1 Å². The molecule has 1 fully saturated rings. The number of rotatable bonds is 4. The molecule has 0 aliphatic carbocycles. The highest BCUT2D eigenvalue weighted by Crippen LogP contribution is 2.18. The second-order valence-corrected chi connectivity index (χ2v) is 2.92. The van der Waals surface area contributed by atoms with E-state index in [-0.39, 0.29) is 6.10 Å². The molecule has 0 N–H and O–H groups in total. The fourth-order valence-electron chi connectivity index (χ4n) is 1.06. The third-order valence-electron chi connectivity index (χ3n) is 1.87. The van der Waals surface area contributed by atoms with Gasteiger partial charge in [-0.1, -0.05) is 12.1 Å². The summed E-state index contributed by atoms with van der Waals surface area (Å²) in [6.45, 7) is 1.30. The molecule has 0 aromatic heterocycles. The fourth-order valence-corrected chi connectivity index (χ4v) is 1.06. The summed E-state index contributed by atoms with van der Waals surface area (Å²) in [4.78, 5) is 10.6. The van der Waals surface area contributed by atoms with Gasteiger partial charge in [0.05, 0.1) is 12.2 Å². The number of aldehydes is 1. The summed E-state index contributed by atoms with van der Waals surface area (Å²) in [6.07, 6.45) is 1.02. The van der Waals surface area contributed by atoms with Crippen molar-refractivity contribution < 1.29 is 14.3 Å². The topological polar surface area (TPSA) is 38.8 Å². The molecule has 0 saturated carbocycles. The summed E-state index contributed by atoms with van der Waals surface area (Å²) in [7, 11) is 0. The summed E-state index contributed by atoms with van der Waals surface area (Å²) in [5.41, 5.74) is 0.586. The smallest absolute Gasteiger partial charge is 0.153 e. The Morgan fingerprint density at radius 3 is 3.00 bits per heavy atom. The highest BCUT2D eigenvalue weighted by atomic mass is 16.6. The summed E-state index contributed by atoms with van der Waals surface area (Å²) in [5, 5.41) is 0. The number of para-hydroxylation sites is 1. The van der Waals surface area contributed by atoms with Crippen molar-refractivity contribution in [1.29, 1.82) is 0 Å². The first-order chi connectivity index (χ1) is 6.40. The second-order valence-electron chi connectivity index (χ2n) is 2.92. The first kappa shape index (κ1) is 8.26. The first-order valence-corrected chi connectivity index (χ1v) is 4.19. The van der Waals surface area contributed by atoms with Crippen LogP contribution in [0.15, 0.2) is 24.3 Å². The Morgan fingerprint density at radius 2 is 2.31 bits per heavy atom. The van der Waals surface area contributed by atoms with Crippen LogP contribution in [-0.2, 0) is 4.74 Å². The van der Waals surface area contributed by atoms with Gasteiger partial charge in [-0.3, -0.25) is 4.79 Å². The Bertz CT molecular complexity index is 305. The number of ether oxygens (including phenoxy) is 2. The molecular formula is C10H10O3. The fraction of sp³-hybridized carbons (Fsp3) is 0.300. The third-order valence-corrected chi connectivity index (χ3v) is 1.87. The minimum absolute atomic E-state index is 0.222. The van der Waals surface area contributed by atoms with Crippen LogP contribution in [0.4, 0.5) is 0 Å². The van der Waals surface area contributed by atoms with Gasteiger partial charge in [0.25, 0.3) is 0 Å². The number of hydrogen-bond donors (Lipinski definition) is 0. The molecule has 1 aromatic rings. The molecule has 0 bridgehead atoms. The van der Waals surface area contributed by atoms with Crippen molar-refractivity contribution in [3.8, 4) is 5.75 Å². The van der Waals surface area contributed by atoms with E-state index < -0.39 is 0 Å². The average Bonchev–Trinajstić information content (AvgIpc) is 2.99. The van der Waals surface area contributed by atoms with E-state index in [0.717, 1.165) is 12.9 Å². The van der Waals surface area contributed by atoms with Gasteiger partial charge < -0.3 is 9.47 Å². The molecule has 1 atom stereocenters. The Kier molecular flexibility index (Phi) is 2.27. The van der Waals surface area contributed by atoms with Gasteiger partial charge in [0.15, 0.2) is 6.29 Å². The number of carbonyl (C=O) groups is 1. The van der Waals surface area contributed by atoms with E-state index in [2.05, 4.69) is 0 Å². The molecule has 1 unspecified atom stereocenters. The third kappa shape index (κ3) is 2.06. The van der Waals surface area contributed by atoms with Gasteiger partial charge in [-0.05, 0) is 12.1 Å². The molecule has 0 amide bonds. The van der Waals surface area contributed by atoms with Crippen LogP contribution in [0.3, 0.4) is 0 Å². The highest BCUT2D eigenvalue weighted by Gasteiger charge is 2.23. The zero-order chi connectivity index (χ0) is 9.10. The largest absolute Gasteiger partial charge is 0.490 e. The van der Waals surface area contributed by atoms with Crippen LogP contribution in [0, 0.1) is 0 Å².